The maximum atomic E-state index is 10.8. The van der Waals surface area contributed by atoms with Gasteiger partial charge in [0.25, 0.3) is 0 Å². The molecule has 0 aliphatic carbocycles. The van der Waals surface area contributed by atoms with Gasteiger partial charge in [-0.2, -0.15) is 0 Å². The van der Waals surface area contributed by atoms with E-state index in [9.17, 15) is 4.79 Å². The predicted octanol–water partition coefficient (Wildman–Crippen LogP) is 1.35. The molecule has 12 heavy (non-hydrogen) atoms. The number of hydrogen-bond donors (Lipinski definition) is 2. The monoisotopic (exact) mass is 170 g/mol. The Morgan fingerprint density at radius 1 is 1.42 bits per heavy atom. The third-order valence-corrected chi connectivity index (χ3v) is 2.25. The van der Waals surface area contributed by atoms with Crippen LogP contribution < -0.4 is 10.9 Å². The van der Waals surface area contributed by atoms with Crippen molar-refractivity contribution in [1.82, 2.24) is 10.9 Å². The van der Waals surface area contributed by atoms with Crippen LogP contribution in [0.5, 0.6) is 0 Å². The van der Waals surface area contributed by atoms with E-state index in [-0.39, 0.29) is 5.91 Å². The number of carbonyl (C=O) groups excluding carboxylic acids is 1. The molecule has 1 fully saturated rings. The normalized spacial score (nSPS) is 22.8. The lowest BCUT2D eigenvalue weighted by Crippen LogP contribution is -2.31. The Bertz CT molecular complexity index is 147. The Morgan fingerprint density at radius 3 is 2.83 bits per heavy atom. The summed E-state index contributed by atoms with van der Waals surface area (Å²) < 4.78 is 0. The van der Waals surface area contributed by atoms with Crippen molar-refractivity contribution in [3.63, 3.8) is 0 Å². The Kier molecular flexibility index (Phi) is 4.08. The number of hydrogen-bond acceptors (Lipinski definition) is 2. The van der Waals surface area contributed by atoms with Gasteiger partial charge in [-0.15, -0.1) is 0 Å². The van der Waals surface area contributed by atoms with Crippen LogP contribution in [0.3, 0.4) is 0 Å². The molecule has 1 aliphatic heterocycles. The number of unbranched alkanes of at least 4 members (excludes halogenated alkanes) is 3. The molecule has 0 radical (unpaired) electrons. The van der Waals surface area contributed by atoms with Crippen molar-refractivity contribution in [2.45, 2.75) is 51.5 Å². The van der Waals surface area contributed by atoms with E-state index >= 15 is 0 Å². The van der Waals surface area contributed by atoms with Gasteiger partial charge < -0.3 is 0 Å². The van der Waals surface area contributed by atoms with Crippen LogP contribution >= 0.6 is 0 Å². The lowest BCUT2D eigenvalue weighted by Gasteiger charge is -2.06. The van der Waals surface area contributed by atoms with Gasteiger partial charge in [0.05, 0.1) is 0 Å². The molecule has 3 heteroatoms. The van der Waals surface area contributed by atoms with Crippen molar-refractivity contribution in [1.29, 1.82) is 0 Å². The first kappa shape index (κ1) is 9.52. The number of carbonyl (C=O) groups is 1. The van der Waals surface area contributed by atoms with Gasteiger partial charge in [0.15, 0.2) is 0 Å². The van der Waals surface area contributed by atoms with Gasteiger partial charge in [-0.1, -0.05) is 32.6 Å². The molecule has 0 aromatic heterocycles. The summed E-state index contributed by atoms with van der Waals surface area (Å²) in [6.45, 7) is 2.21. The average molecular weight is 170 g/mol. The fourth-order valence-electron chi connectivity index (χ4n) is 1.50. The highest BCUT2D eigenvalue weighted by Gasteiger charge is 2.19. The van der Waals surface area contributed by atoms with Gasteiger partial charge >= 0.3 is 0 Å². The Labute approximate surface area is 73.9 Å². The maximum Gasteiger partial charge on any atom is 0.235 e. The lowest BCUT2D eigenvalue weighted by atomic mass is 10.1. The van der Waals surface area contributed by atoms with Gasteiger partial charge in [-0.05, 0) is 6.42 Å². The van der Waals surface area contributed by atoms with E-state index in [4.69, 9.17) is 0 Å². The summed E-state index contributed by atoms with van der Waals surface area (Å²) in [5.41, 5.74) is 5.61. The van der Waals surface area contributed by atoms with Crippen molar-refractivity contribution >= 4 is 5.91 Å². The first-order valence-corrected chi connectivity index (χ1v) is 4.87. The molecule has 1 aliphatic rings. The molecule has 1 unspecified atom stereocenters. The minimum Gasteiger partial charge on any atom is -0.291 e. The minimum atomic E-state index is 0.135. The molecule has 0 aromatic rings. The first-order valence-electron chi connectivity index (χ1n) is 4.87. The van der Waals surface area contributed by atoms with Crippen LogP contribution in [0.25, 0.3) is 0 Å². The van der Waals surface area contributed by atoms with Crippen molar-refractivity contribution in [2.75, 3.05) is 0 Å². The SMILES string of the molecule is CCCCCCC1CC(=O)NN1. The minimum absolute atomic E-state index is 0.135. The molecule has 0 bridgehead atoms. The van der Waals surface area contributed by atoms with Gasteiger partial charge in [0, 0.05) is 12.5 Å². The highest BCUT2D eigenvalue weighted by molar-refractivity contribution is 5.77. The van der Waals surface area contributed by atoms with Crippen LogP contribution in [-0.4, -0.2) is 11.9 Å². The molecular formula is C9H18N2O. The Balaban J connectivity index is 1.97. The van der Waals surface area contributed by atoms with Crippen LogP contribution in [0, 0.1) is 0 Å². The van der Waals surface area contributed by atoms with Crippen molar-refractivity contribution in [3.05, 3.63) is 0 Å². The molecule has 1 saturated heterocycles. The number of rotatable bonds is 5. The van der Waals surface area contributed by atoms with E-state index in [0.29, 0.717) is 12.5 Å². The zero-order valence-corrected chi connectivity index (χ0v) is 7.73. The zero-order valence-electron chi connectivity index (χ0n) is 7.73. The van der Waals surface area contributed by atoms with Crippen LogP contribution in [-0.2, 0) is 4.79 Å². The topological polar surface area (TPSA) is 41.1 Å². The van der Waals surface area contributed by atoms with Gasteiger partial charge in [-0.25, -0.2) is 5.43 Å². The highest BCUT2D eigenvalue weighted by atomic mass is 16.2. The smallest absolute Gasteiger partial charge is 0.235 e. The molecule has 1 atom stereocenters. The average Bonchev–Trinajstić information content (AvgIpc) is 2.45. The summed E-state index contributed by atoms with van der Waals surface area (Å²) in [6.07, 6.45) is 6.90. The highest BCUT2D eigenvalue weighted by Crippen LogP contribution is 2.09. The summed E-state index contributed by atoms with van der Waals surface area (Å²) in [7, 11) is 0. The van der Waals surface area contributed by atoms with E-state index in [2.05, 4.69) is 17.8 Å². The quantitative estimate of drug-likeness (QED) is 0.611. The fraction of sp³-hybridized carbons (Fsp3) is 0.889. The summed E-state index contributed by atoms with van der Waals surface area (Å²) in [4.78, 5) is 10.8. The molecule has 3 nitrogen and oxygen atoms in total. The van der Waals surface area contributed by atoms with Gasteiger partial charge in [-0.3, -0.25) is 10.2 Å². The maximum absolute atomic E-state index is 10.8. The van der Waals surface area contributed by atoms with Crippen molar-refractivity contribution in [3.8, 4) is 0 Å². The van der Waals surface area contributed by atoms with Crippen LogP contribution in [0.2, 0.25) is 0 Å². The second kappa shape index (κ2) is 5.14. The molecule has 0 saturated carbocycles. The molecule has 0 spiro atoms. The Hall–Kier alpha value is -0.570. The van der Waals surface area contributed by atoms with Crippen LogP contribution in [0.15, 0.2) is 0 Å². The molecular weight excluding hydrogens is 152 g/mol. The fourth-order valence-corrected chi connectivity index (χ4v) is 1.50. The summed E-state index contributed by atoms with van der Waals surface area (Å²) >= 11 is 0. The summed E-state index contributed by atoms with van der Waals surface area (Å²) in [5, 5.41) is 0. The Morgan fingerprint density at radius 2 is 2.25 bits per heavy atom. The van der Waals surface area contributed by atoms with Crippen molar-refractivity contribution < 1.29 is 4.79 Å². The molecule has 1 amide bonds. The van der Waals surface area contributed by atoms with Gasteiger partial charge in [0.1, 0.15) is 0 Å². The zero-order chi connectivity index (χ0) is 8.81. The van der Waals surface area contributed by atoms with Crippen molar-refractivity contribution in [2.24, 2.45) is 0 Å². The van der Waals surface area contributed by atoms with Crippen LogP contribution in [0.1, 0.15) is 45.4 Å². The van der Waals surface area contributed by atoms with E-state index in [1.54, 1.807) is 0 Å². The predicted molar refractivity (Wildman–Crippen MR) is 48.4 cm³/mol. The molecule has 1 heterocycles. The third-order valence-electron chi connectivity index (χ3n) is 2.25. The van der Waals surface area contributed by atoms with Gasteiger partial charge in [0.2, 0.25) is 5.91 Å². The van der Waals surface area contributed by atoms with E-state index in [1.165, 1.54) is 25.7 Å². The standard InChI is InChI=1S/C9H18N2O/c1-2-3-4-5-6-8-7-9(12)11-10-8/h8,10H,2-7H2,1H3,(H,11,12). The van der Waals surface area contributed by atoms with E-state index < -0.39 is 0 Å². The van der Waals surface area contributed by atoms with Crippen LogP contribution in [0.4, 0.5) is 0 Å². The van der Waals surface area contributed by atoms with E-state index in [0.717, 1.165) is 6.42 Å². The molecule has 70 valence electrons. The van der Waals surface area contributed by atoms with E-state index in [1.807, 2.05) is 0 Å². The first-order chi connectivity index (χ1) is 5.83. The second-order valence-corrected chi connectivity index (χ2v) is 3.44. The summed E-state index contributed by atoms with van der Waals surface area (Å²) in [5.74, 6) is 0.135. The number of hydrazine groups is 1. The third kappa shape index (κ3) is 3.22. The molecule has 0 aromatic carbocycles. The lowest BCUT2D eigenvalue weighted by molar-refractivity contribution is -0.119. The molecule has 1 rings (SSSR count). The number of nitrogens with one attached hydrogen (secondary N) is 2. The summed E-state index contributed by atoms with van der Waals surface area (Å²) in [6, 6.07) is 0.384. The number of amides is 1. The molecule has 2 N–H and O–H groups in total. The second-order valence-electron chi connectivity index (χ2n) is 3.44. The largest absolute Gasteiger partial charge is 0.291 e.